The number of nitrogens with one attached hydrogen (secondary N) is 1. The highest BCUT2D eigenvalue weighted by Gasteiger charge is 2.51. The number of aliphatic hydroxyl groups excluding tert-OH is 8. The second kappa shape index (κ2) is 62.7. The molecule has 0 aliphatic carbocycles. The number of unbranched alkanes of at least 4 members (excludes halogenated alkanes) is 47. The molecule has 0 saturated carbocycles. The lowest BCUT2D eigenvalue weighted by Crippen LogP contribution is -2.65. The van der Waals surface area contributed by atoms with Gasteiger partial charge in [0.1, 0.15) is 48.8 Å². The third kappa shape index (κ3) is 45.7. The molecule has 0 aromatic heterocycles. The maximum atomic E-state index is 13.4. The molecule has 14 nitrogen and oxygen atoms in total. The van der Waals surface area contributed by atoms with Crippen LogP contribution in [0.4, 0.5) is 0 Å². The van der Waals surface area contributed by atoms with E-state index in [9.17, 15) is 45.6 Å². The number of rotatable bonds is 66. The van der Waals surface area contributed by atoms with Crippen molar-refractivity contribution in [2.24, 2.45) is 0 Å². The van der Waals surface area contributed by atoms with E-state index >= 15 is 0 Å². The fraction of sp³-hybridized carbons (Fsp3) is 0.910. The van der Waals surface area contributed by atoms with E-state index in [0.29, 0.717) is 12.8 Å². The summed E-state index contributed by atoms with van der Waals surface area (Å²) < 4.78 is 23.0. The molecule has 0 spiro atoms. The first-order valence-corrected chi connectivity index (χ1v) is 39.2. The van der Waals surface area contributed by atoms with Crippen molar-refractivity contribution in [1.29, 1.82) is 0 Å². The Balaban J connectivity index is 1.56. The van der Waals surface area contributed by atoms with E-state index in [1.807, 2.05) is 0 Å². The average Bonchev–Trinajstić information content (AvgIpc) is 1.05. The molecule has 542 valence electrons. The zero-order valence-corrected chi connectivity index (χ0v) is 59.3. The smallest absolute Gasteiger partial charge is 0.220 e. The van der Waals surface area contributed by atoms with Gasteiger partial charge in [-0.2, -0.15) is 0 Å². The number of amides is 1. The van der Waals surface area contributed by atoms with Gasteiger partial charge in [0.2, 0.25) is 5.91 Å². The molecule has 1 amide bonds. The first-order chi connectivity index (χ1) is 45.1. The molecule has 2 aliphatic rings. The highest BCUT2D eigenvalue weighted by Crippen LogP contribution is 2.30. The van der Waals surface area contributed by atoms with E-state index in [-0.39, 0.29) is 12.5 Å². The first kappa shape index (κ1) is 86.3. The van der Waals surface area contributed by atoms with Crippen LogP contribution in [0.5, 0.6) is 0 Å². The zero-order chi connectivity index (χ0) is 66.6. The fourth-order valence-electron chi connectivity index (χ4n) is 13.1. The number of allylic oxidation sites excluding steroid dienone is 6. The van der Waals surface area contributed by atoms with Gasteiger partial charge in [-0.1, -0.05) is 339 Å². The number of carbonyl (C=O) groups excluding carboxylic acids is 1. The number of ether oxygens (including phenoxy) is 4. The molecular formula is C78H147NO13. The van der Waals surface area contributed by atoms with Gasteiger partial charge in [-0.15, -0.1) is 0 Å². The van der Waals surface area contributed by atoms with E-state index in [2.05, 4.69) is 55.6 Å². The Labute approximate surface area is 563 Å². The molecule has 9 N–H and O–H groups in total. The minimum Gasteiger partial charge on any atom is -0.394 e. The molecule has 12 atom stereocenters. The first-order valence-electron chi connectivity index (χ1n) is 39.2. The lowest BCUT2D eigenvalue weighted by Gasteiger charge is -2.46. The van der Waals surface area contributed by atoms with E-state index < -0.39 is 86.8 Å². The topological polar surface area (TPSA) is 228 Å². The van der Waals surface area contributed by atoms with Crippen LogP contribution in [0.25, 0.3) is 0 Å². The lowest BCUT2D eigenvalue weighted by atomic mass is 9.97. The van der Waals surface area contributed by atoms with E-state index in [4.69, 9.17) is 18.9 Å². The van der Waals surface area contributed by atoms with Gasteiger partial charge in [0.15, 0.2) is 12.6 Å². The molecule has 2 aliphatic heterocycles. The van der Waals surface area contributed by atoms with Gasteiger partial charge in [-0.05, 0) is 51.4 Å². The number of hydrogen-bond acceptors (Lipinski definition) is 13. The predicted molar refractivity (Wildman–Crippen MR) is 378 cm³/mol. The molecule has 14 heteroatoms. The summed E-state index contributed by atoms with van der Waals surface area (Å²) in [6, 6.07) is -0.827. The van der Waals surface area contributed by atoms with Crippen LogP contribution < -0.4 is 5.32 Å². The molecule has 92 heavy (non-hydrogen) atoms. The molecule has 0 aromatic rings. The summed E-state index contributed by atoms with van der Waals surface area (Å²) in [5.41, 5.74) is 0. The minimum absolute atomic E-state index is 0.199. The van der Waals surface area contributed by atoms with E-state index in [1.54, 1.807) is 0 Å². The van der Waals surface area contributed by atoms with Crippen molar-refractivity contribution in [3.8, 4) is 0 Å². The molecule has 0 bridgehead atoms. The molecule has 12 unspecified atom stereocenters. The molecular weight excluding hydrogens is 1160 g/mol. The minimum atomic E-state index is -1.78. The second-order valence-electron chi connectivity index (χ2n) is 27.8. The Hall–Kier alpha value is -1.79. The fourth-order valence-corrected chi connectivity index (χ4v) is 13.1. The summed E-state index contributed by atoms with van der Waals surface area (Å²) in [5.74, 6) is -0.199. The monoisotopic (exact) mass is 1310 g/mol. The van der Waals surface area contributed by atoms with Gasteiger partial charge in [0, 0.05) is 6.42 Å². The number of carbonyl (C=O) groups is 1. The molecule has 2 fully saturated rings. The van der Waals surface area contributed by atoms with Crippen LogP contribution in [0.1, 0.15) is 361 Å². The molecule has 2 saturated heterocycles. The van der Waals surface area contributed by atoms with Crippen LogP contribution in [0, 0.1) is 0 Å². The Kier molecular flexibility index (Phi) is 58.8. The number of hydrogen-bond donors (Lipinski definition) is 9. The summed E-state index contributed by atoms with van der Waals surface area (Å²) in [7, 11) is 0. The van der Waals surface area contributed by atoms with Crippen LogP contribution in [0.3, 0.4) is 0 Å². The van der Waals surface area contributed by atoms with Crippen molar-refractivity contribution < 1.29 is 64.6 Å². The van der Waals surface area contributed by atoms with Gasteiger partial charge in [-0.25, -0.2) is 0 Å². The highest BCUT2D eigenvalue weighted by molar-refractivity contribution is 5.76. The Morgan fingerprint density at radius 2 is 0.717 bits per heavy atom. The van der Waals surface area contributed by atoms with Crippen molar-refractivity contribution in [2.75, 3.05) is 19.8 Å². The number of aliphatic hydroxyl groups is 8. The van der Waals surface area contributed by atoms with Gasteiger partial charge >= 0.3 is 0 Å². The lowest BCUT2D eigenvalue weighted by molar-refractivity contribution is -0.359. The van der Waals surface area contributed by atoms with Crippen molar-refractivity contribution in [3.63, 3.8) is 0 Å². The van der Waals surface area contributed by atoms with Crippen LogP contribution in [0.15, 0.2) is 36.5 Å². The maximum absolute atomic E-state index is 13.4. The van der Waals surface area contributed by atoms with Gasteiger partial charge < -0.3 is 65.1 Å². The van der Waals surface area contributed by atoms with E-state index in [0.717, 1.165) is 64.2 Å². The van der Waals surface area contributed by atoms with Gasteiger partial charge in [0.25, 0.3) is 0 Å². The summed E-state index contributed by atoms with van der Waals surface area (Å²) in [5, 5.41) is 87.7. The average molecular weight is 1310 g/mol. The summed E-state index contributed by atoms with van der Waals surface area (Å²) in [4.78, 5) is 13.4. The predicted octanol–water partition coefficient (Wildman–Crippen LogP) is 17.2. The largest absolute Gasteiger partial charge is 0.394 e. The van der Waals surface area contributed by atoms with Crippen molar-refractivity contribution in [1.82, 2.24) is 5.32 Å². The normalized spacial score (nSPS) is 22.8. The SMILES string of the molecule is CCCCCCC/C=C\C/C=C\C/C=C\CCCCCCCCCCCCCCCCCCCCCCCCCCC(=O)NC(COC1OC(CO)C(OC2OC(CO)C(O)C(O)C2O)C(O)C1O)C(O)CCCCCCCCCCCCCCCCCCCCC. The van der Waals surface area contributed by atoms with Crippen molar-refractivity contribution in [2.45, 2.75) is 434 Å². The molecule has 2 rings (SSSR count). The highest BCUT2D eigenvalue weighted by atomic mass is 16.7. The Morgan fingerprint density at radius 1 is 0.391 bits per heavy atom. The van der Waals surface area contributed by atoms with Gasteiger partial charge in [-0.3, -0.25) is 4.79 Å². The van der Waals surface area contributed by atoms with Crippen LogP contribution >= 0.6 is 0 Å². The van der Waals surface area contributed by atoms with E-state index in [1.165, 1.54) is 270 Å². The van der Waals surface area contributed by atoms with Crippen LogP contribution in [-0.2, 0) is 23.7 Å². The van der Waals surface area contributed by atoms with Gasteiger partial charge in [0.05, 0.1) is 32.0 Å². The summed E-state index contributed by atoms with van der Waals surface area (Å²) >= 11 is 0. The van der Waals surface area contributed by atoms with Crippen molar-refractivity contribution >= 4 is 5.91 Å². The third-order valence-electron chi connectivity index (χ3n) is 19.4. The van der Waals surface area contributed by atoms with Crippen LogP contribution in [-0.4, -0.2) is 140 Å². The second-order valence-corrected chi connectivity index (χ2v) is 27.8. The standard InChI is InChI=1S/C78H147NO13/c1-3-5-7-9-11-13-15-17-19-21-23-24-25-26-27-28-29-30-31-32-33-34-35-36-37-38-39-40-41-42-44-46-48-50-52-54-56-58-60-62-70(83)79-66(67(82)61-59-57-55-53-51-49-47-45-43-22-20-18-16-14-12-10-8-6-4-2)65-89-77-75(88)73(86)76(69(64-81)91-77)92-78-74(87)72(85)71(84)68(63-80)90-78/h15,17,21,23,25-26,66-69,71-78,80-82,84-88H,3-14,16,18-20,22,24,27-65H2,1-2H3,(H,79,83)/b17-15-,23-21-,26-25-. The van der Waals surface area contributed by atoms with Crippen molar-refractivity contribution in [3.05, 3.63) is 36.5 Å². The Morgan fingerprint density at radius 3 is 1.10 bits per heavy atom. The zero-order valence-electron chi connectivity index (χ0n) is 59.3. The molecule has 0 aromatic carbocycles. The Bertz CT molecular complexity index is 1680. The summed E-state index contributed by atoms with van der Waals surface area (Å²) in [6.07, 6.45) is 64.7. The molecule has 2 heterocycles. The molecule has 0 radical (unpaired) electrons. The quantitative estimate of drug-likeness (QED) is 0.0204. The summed E-state index contributed by atoms with van der Waals surface area (Å²) in [6.45, 7) is 2.90. The third-order valence-corrected chi connectivity index (χ3v) is 19.4. The maximum Gasteiger partial charge on any atom is 0.220 e. The van der Waals surface area contributed by atoms with Crippen LogP contribution in [0.2, 0.25) is 0 Å².